The summed E-state index contributed by atoms with van der Waals surface area (Å²) in [5.41, 5.74) is 1.80. The highest BCUT2D eigenvalue weighted by atomic mass is 16.6. The van der Waals surface area contributed by atoms with Crippen LogP contribution < -0.4 is 9.88 Å². The first-order chi connectivity index (χ1) is 18.0. The minimum atomic E-state index is -0.682. The summed E-state index contributed by atoms with van der Waals surface area (Å²) in [6, 6.07) is 8.09. The van der Waals surface area contributed by atoms with Gasteiger partial charge < -0.3 is 19.4 Å². The molecular formula is C29H37N4O5+. The van der Waals surface area contributed by atoms with Gasteiger partial charge in [-0.2, -0.15) is 4.57 Å². The first-order valence-electron chi connectivity index (χ1n) is 13.3. The summed E-state index contributed by atoms with van der Waals surface area (Å²) in [6.07, 6.45) is 6.29. The van der Waals surface area contributed by atoms with E-state index >= 15 is 0 Å². The number of carbonyl (C=O) groups is 3. The van der Waals surface area contributed by atoms with Crippen molar-refractivity contribution in [3.8, 4) is 0 Å². The van der Waals surface area contributed by atoms with Gasteiger partial charge in [0.05, 0.1) is 11.3 Å². The highest BCUT2D eigenvalue weighted by molar-refractivity contribution is 6.11. The molecule has 0 aliphatic heterocycles. The van der Waals surface area contributed by atoms with Gasteiger partial charge in [0.1, 0.15) is 24.5 Å². The van der Waals surface area contributed by atoms with Crippen LogP contribution in [0.1, 0.15) is 61.9 Å². The van der Waals surface area contributed by atoms with Crippen LogP contribution in [-0.4, -0.2) is 39.1 Å². The second-order valence-corrected chi connectivity index (χ2v) is 11.7. The Morgan fingerprint density at radius 2 is 1.95 bits per heavy atom. The lowest BCUT2D eigenvalue weighted by molar-refractivity contribution is -0.732. The number of Topliss-reactive ketones (excluding diaryl/α,β-unsaturated/α-hetero) is 1. The maximum Gasteiger partial charge on any atom is 0.407 e. The third kappa shape index (κ3) is 4.93. The molecule has 9 heteroatoms. The molecule has 1 unspecified atom stereocenters. The maximum absolute atomic E-state index is 13.5. The van der Waals surface area contributed by atoms with Crippen molar-refractivity contribution in [3.63, 3.8) is 0 Å². The Hall–Kier alpha value is -3.62. The summed E-state index contributed by atoms with van der Waals surface area (Å²) in [5.74, 6) is 0.677. The van der Waals surface area contributed by atoms with E-state index in [1.165, 1.54) is 0 Å². The lowest BCUT2D eigenvalue weighted by atomic mass is 9.85. The molecule has 3 aromatic rings. The predicted molar refractivity (Wildman–Crippen MR) is 140 cm³/mol. The van der Waals surface area contributed by atoms with Gasteiger partial charge in [-0.25, -0.2) is 9.36 Å². The van der Waals surface area contributed by atoms with Crippen LogP contribution in [-0.2, 0) is 41.0 Å². The molecule has 2 heterocycles. The van der Waals surface area contributed by atoms with Gasteiger partial charge in [-0.3, -0.25) is 9.59 Å². The van der Waals surface area contributed by atoms with Gasteiger partial charge in [-0.1, -0.05) is 18.2 Å². The molecule has 0 radical (unpaired) electrons. The van der Waals surface area contributed by atoms with Crippen LogP contribution in [0.5, 0.6) is 0 Å². The van der Waals surface area contributed by atoms with E-state index in [-0.39, 0.29) is 30.9 Å². The number of para-hydroxylation sites is 1. The molecular weight excluding hydrogens is 484 g/mol. The second kappa shape index (κ2) is 9.60. The normalized spacial score (nSPS) is 18.2. The van der Waals surface area contributed by atoms with Crippen molar-refractivity contribution in [2.24, 2.45) is 18.4 Å². The van der Waals surface area contributed by atoms with Crippen molar-refractivity contribution < 1.29 is 28.4 Å². The van der Waals surface area contributed by atoms with E-state index in [0.29, 0.717) is 19.4 Å². The first kappa shape index (κ1) is 26.0. The number of amides is 1. The molecule has 1 aromatic carbocycles. The molecule has 38 heavy (non-hydrogen) atoms. The van der Waals surface area contributed by atoms with Crippen LogP contribution in [0.25, 0.3) is 10.9 Å². The summed E-state index contributed by atoms with van der Waals surface area (Å²) in [4.78, 5) is 38.3. The number of imidazole rings is 1. The monoisotopic (exact) mass is 521 g/mol. The third-order valence-corrected chi connectivity index (χ3v) is 7.84. The van der Waals surface area contributed by atoms with Gasteiger partial charge >= 0.3 is 12.1 Å². The molecule has 1 amide bonds. The van der Waals surface area contributed by atoms with Gasteiger partial charge in [0.15, 0.2) is 5.78 Å². The lowest BCUT2D eigenvalue weighted by Crippen LogP contribution is -2.42. The number of carbonyl (C=O) groups excluding carboxylic acids is 3. The number of ether oxygens (including phenoxy) is 2. The average Bonchev–Trinajstić information content (AvgIpc) is 3.51. The maximum atomic E-state index is 13.5. The van der Waals surface area contributed by atoms with Crippen molar-refractivity contribution in [3.05, 3.63) is 53.7 Å². The van der Waals surface area contributed by atoms with Gasteiger partial charge in [0.2, 0.25) is 6.73 Å². The number of alkyl carbamates (subject to hydrolysis) is 1. The number of benzene rings is 1. The molecule has 1 atom stereocenters. The van der Waals surface area contributed by atoms with Crippen LogP contribution in [0.2, 0.25) is 0 Å². The number of hydrogen-bond acceptors (Lipinski definition) is 5. The van der Waals surface area contributed by atoms with Gasteiger partial charge in [-0.05, 0) is 52.5 Å². The summed E-state index contributed by atoms with van der Waals surface area (Å²) < 4.78 is 17.0. The first-order valence-corrected chi connectivity index (χ1v) is 13.3. The molecule has 9 nitrogen and oxygen atoms in total. The third-order valence-electron chi connectivity index (χ3n) is 7.84. The molecule has 5 rings (SSSR count). The Bertz CT molecular complexity index is 1410. The van der Waals surface area contributed by atoms with Crippen LogP contribution in [0.3, 0.4) is 0 Å². The summed E-state index contributed by atoms with van der Waals surface area (Å²) in [7, 11) is 2.04. The second-order valence-electron chi connectivity index (χ2n) is 11.7. The number of esters is 1. The van der Waals surface area contributed by atoms with E-state index in [4.69, 9.17) is 9.47 Å². The molecule has 202 valence electrons. The van der Waals surface area contributed by atoms with Crippen LogP contribution in [0, 0.1) is 18.3 Å². The van der Waals surface area contributed by atoms with Gasteiger partial charge in [0, 0.05) is 42.7 Å². The molecule has 2 aliphatic carbocycles. The fraction of sp³-hybridized carbons (Fsp3) is 0.517. The zero-order chi connectivity index (χ0) is 27.2. The smallest absolute Gasteiger partial charge is 0.407 e. The number of aryl methyl sites for hydroxylation is 1. The number of nitrogens with one attached hydrogen (secondary N) is 1. The Morgan fingerprint density at radius 1 is 1.21 bits per heavy atom. The van der Waals surface area contributed by atoms with E-state index < -0.39 is 17.1 Å². The summed E-state index contributed by atoms with van der Waals surface area (Å²) in [6.45, 7) is 8.21. The SMILES string of the molecule is Cc1n(CC2CCc3c(c4ccccc4n3C)C2=O)cc[n+]1COC(=O)C1(CNC(=O)OC(C)(C)C)CC1. The van der Waals surface area contributed by atoms with Crippen molar-refractivity contribution >= 4 is 28.7 Å². The largest absolute Gasteiger partial charge is 0.444 e. The number of nitrogens with zero attached hydrogens (tertiary/aromatic N) is 3. The average molecular weight is 522 g/mol. The molecule has 0 saturated heterocycles. The molecule has 1 N–H and O–H groups in total. The van der Waals surface area contributed by atoms with Crippen molar-refractivity contribution in [2.75, 3.05) is 6.54 Å². The fourth-order valence-electron chi connectivity index (χ4n) is 5.38. The lowest BCUT2D eigenvalue weighted by Gasteiger charge is -2.21. The molecule has 2 aliphatic rings. The summed E-state index contributed by atoms with van der Waals surface area (Å²) >= 11 is 0. The highest BCUT2D eigenvalue weighted by Crippen LogP contribution is 2.46. The van der Waals surface area contributed by atoms with Gasteiger partial charge in [0.25, 0.3) is 5.82 Å². The Balaban J connectivity index is 1.20. The fourth-order valence-corrected chi connectivity index (χ4v) is 5.38. The van der Waals surface area contributed by atoms with Crippen LogP contribution in [0.4, 0.5) is 4.79 Å². The molecule has 0 bridgehead atoms. The number of rotatable bonds is 7. The number of hydrogen-bond donors (Lipinski definition) is 1. The topological polar surface area (TPSA) is 95.4 Å². The summed E-state index contributed by atoms with van der Waals surface area (Å²) in [5, 5.41) is 3.73. The molecule has 0 spiro atoms. The van der Waals surface area contributed by atoms with Crippen molar-refractivity contribution in [2.45, 2.75) is 72.3 Å². The van der Waals surface area contributed by atoms with E-state index in [1.807, 2.05) is 49.1 Å². The number of ketones is 1. The Morgan fingerprint density at radius 3 is 2.66 bits per heavy atom. The minimum absolute atomic E-state index is 0.0813. The predicted octanol–water partition coefficient (Wildman–Crippen LogP) is 3.83. The van der Waals surface area contributed by atoms with E-state index in [2.05, 4.69) is 20.5 Å². The highest BCUT2D eigenvalue weighted by Gasteiger charge is 2.52. The zero-order valence-electron chi connectivity index (χ0n) is 22.9. The number of aromatic nitrogens is 3. The van der Waals surface area contributed by atoms with Crippen molar-refractivity contribution in [1.82, 2.24) is 14.5 Å². The van der Waals surface area contributed by atoms with E-state index in [0.717, 1.165) is 40.8 Å². The van der Waals surface area contributed by atoms with Crippen LogP contribution >= 0.6 is 0 Å². The Labute approximate surface area is 222 Å². The molecule has 1 fully saturated rings. The minimum Gasteiger partial charge on any atom is -0.444 e. The molecule has 2 aromatic heterocycles. The molecule has 1 saturated carbocycles. The Kier molecular flexibility index (Phi) is 6.57. The van der Waals surface area contributed by atoms with Gasteiger partial charge in [-0.15, -0.1) is 0 Å². The van der Waals surface area contributed by atoms with Crippen molar-refractivity contribution in [1.29, 1.82) is 0 Å². The van der Waals surface area contributed by atoms with E-state index in [1.54, 1.807) is 20.8 Å². The quantitative estimate of drug-likeness (QED) is 0.377. The number of fused-ring (bicyclic) bond motifs is 3. The van der Waals surface area contributed by atoms with E-state index in [9.17, 15) is 14.4 Å². The van der Waals surface area contributed by atoms with Crippen LogP contribution in [0.15, 0.2) is 36.7 Å². The zero-order valence-corrected chi connectivity index (χ0v) is 22.9. The standard InChI is InChI=1S/C29H36N4O5/c1-19-32(16-20-10-11-23-24(25(20)34)21-8-6-7-9-22(21)31(23)5)14-15-33(19)18-37-26(35)29(12-13-29)17-30-27(36)38-28(2,3)4/h6-9,14-15,20H,10-13,16-18H2,1-5H3/p+1.